The van der Waals surface area contributed by atoms with Gasteiger partial charge in [0.1, 0.15) is 85.5 Å². The second kappa shape index (κ2) is 39.7. The molecule has 6 fully saturated rings. The molecular weight excluding hydrogens is 1270 g/mol. The number of carbonyl (C=O) groups is 5. The predicted molar refractivity (Wildman–Crippen MR) is 331 cm³/mol. The lowest BCUT2D eigenvalue weighted by Gasteiger charge is -2.51. The monoisotopic (exact) mass is 1380 g/mol. The molecule has 4 bridgehead atoms. The molecular formula is C66H112O30. The van der Waals surface area contributed by atoms with E-state index in [4.69, 9.17) is 71.1 Å². The molecule has 30 atom stereocenters. The summed E-state index contributed by atoms with van der Waals surface area (Å²) in [6, 6.07) is 0. The fraction of sp³-hybridized carbons (Fsp3) is 0.924. The van der Waals surface area contributed by atoms with Crippen LogP contribution in [0.4, 0.5) is 0 Å². The highest BCUT2D eigenvalue weighted by molar-refractivity contribution is 5.74. The number of esters is 5. The maximum absolute atomic E-state index is 14.1. The van der Waals surface area contributed by atoms with Crippen molar-refractivity contribution in [2.75, 3.05) is 26.4 Å². The van der Waals surface area contributed by atoms with Crippen molar-refractivity contribution in [3.05, 3.63) is 0 Å². The van der Waals surface area contributed by atoms with Gasteiger partial charge < -0.3 is 122 Å². The van der Waals surface area contributed by atoms with Gasteiger partial charge in [-0.1, -0.05) is 120 Å². The van der Waals surface area contributed by atoms with Gasteiger partial charge in [-0.15, -0.1) is 0 Å². The Kier molecular flexibility index (Phi) is 33.7. The molecule has 6 aliphatic rings. The first-order valence-electron chi connectivity index (χ1n) is 34.9. The number of unbranched alkanes of at least 4 members (excludes halogenated alkanes) is 2. The van der Waals surface area contributed by atoms with Crippen molar-refractivity contribution in [2.24, 2.45) is 23.7 Å². The van der Waals surface area contributed by atoms with Crippen LogP contribution in [0.15, 0.2) is 0 Å². The van der Waals surface area contributed by atoms with Gasteiger partial charge in [0.25, 0.3) is 0 Å². The van der Waals surface area contributed by atoms with Crippen molar-refractivity contribution in [2.45, 2.75) is 338 Å². The molecule has 0 aromatic carbocycles. The van der Waals surface area contributed by atoms with Gasteiger partial charge in [-0.2, -0.15) is 0 Å². The van der Waals surface area contributed by atoms with Crippen LogP contribution in [0.5, 0.6) is 0 Å². The van der Waals surface area contributed by atoms with Gasteiger partial charge in [-0.3, -0.25) is 24.0 Å². The lowest BCUT2D eigenvalue weighted by atomic mass is 9.95. The Balaban J connectivity index is 1.56. The van der Waals surface area contributed by atoms with Crippen LogP contribution in [0.25, 0.3) is 0 Å². The van der Waals surface area contributed by atoms with E-state index in [-0.39, 0.29) is 25.7 Å². The third kappa shape index (κ3) is 21.3. The van der Waals surface area contributed by atoms with E-state index >= 15 is 0 Å². The Morgan fingerprint density at radius 2 is 0.938 bits per heavy atom. The number of aliphatic hydroxyl groups is 10. The summed E-state index contributed by atoms with van der Waals surface area (Å²) in [5, 5.41) is 116. The van der Waals surface area contributed by atoms with Crippen molar-refractivity contribution >= 4 is 29.8 Å². The van der Waals surface area contributed by atoms with Crippen molar-refractivity contribution in [1.29, 1.82) is 0 Å². The molecule has 6 aliphatic heterocycles. The fourth-order valence-corrected chi connectivity index (χ4v) is 12.0. The molecule has 0 aromatic heterocycles. The molecule has 30 heteroatoms. The van der Waals surface area contributed by atoms with Crippen LogP contribution in [0.3, 0.4) is 0 Å². The molecule has 0 spiro atoms. The molecule has 0 aromatic rings. The molecule has 6 rings (SSSR count). The minimum absolute atomic E-state index is 0.117. The van der Waals surface area contributed by atoms with E-state index in [0.717, 1.165) is 38.5 Å². The molecule has 6 saturated heterocycles. The summed E-state index contributed by atoms with van der Waals surface area (Å²) in [7, 11) is 0. The van der Waals surface area contributed by atoms with Gasteiger partial charge in [-0.25, -0.2) is 0 Å². The lowest BCUT2D eigenvalue weighted by Crippen LogP contribution is -2.69. The first-order chi connectivity index (χ1) is 45.8. The van der Waals surface area contributed by atoms with Crippen molar-refractivity contribution in [3.63, 3.8) is 0 Å². The van der Waals surface area contributed by atoms with Crippen LogP contribution < -0.4 is 0 Å². The average Bonchev–Trinajstić information content (AvgIpc) is 0.765. The third-order valence-corrected chi connectivity index (χ3v) is 19.3. The van der Waals surface area contributed by atoms with Gasteiger partial charge in [0, 0.05) is 6.42 Å². The van der Waals surface area contributed by atoms with Crippen LogP contribution in [-0.2, 0) is 95.0 Å². The number of hydrogen-bond donors (Lipinski definition) is 10. The second-order valence-corrected chi connectivity index (χ2v) is 26.6. The Bertz CT molecular complexity index is 2340. The first kappa shape index (κ1) is 81.5. The van der Waals surface area contributed by atoms with E-state index in [1.807, 2.05) is 6.92 Å². The van der Waals surface area contributed by atoms with E-state index in [0.29, 0.717) is 44.9 Å². The highest BCUT2D eigenvalue weighted by atomic mass is 16.8. The quantitative estimate of drug-likeness (QED) is 0.0442. The third-order valence-electron chi connectivity index (χ3n) is 19.3. The number of rotatable bonds is 21. The van der Waals surface area contributed by atoms with Crippen LogP contribution in [0.2, 0.25) is 0 Å². The highest BCUT2D eigenvalue weighted by Crippen LogP contribution is 2.40. The summed E-state index contributed by atoms with van der Waals surface area (Å²) in [6.45, 7) is 13.0. The maximum atomic E-state index is 14.1. The smallest absolute Gasteiger partial charge is 0.309 e. The van der Waals surface area contributed by atoms with Crippen molar-refractivity contribution in [3.8, 4) is 0 Å². The van der Waals surface area contributed by atoms with Crippen molar-refractivity contribution < 1.29 is 146 Å². The van der Waals surface area contributed by atoms with Gasteiger partial charge in [0.05, 0.1) is 62.3 Å². The van der Waals surface area contributed by atoms with Crippen LogP contribution >= 0.6 is 0 Å². The van der Waals surface area contributed by atoms with E-state index in [2.05, 4.69) is 0 Å². The Hall–Kier alpha value is -3.45. The zero-order valence-electron chi connectivity index (χ0n) is 57.3. The molecule has 0 aliphatic carbocycles. The summed E-state index contributed by atoms with van der Waals surface area (Å²) < 4.78 is 94.3. The first-order valence-corrected chi connectivity index (χ1v) is 34.9. The minimum atomic E-state index is -2.24. The average molecular weight is 1390 g/mol. The topological polar surface area (TPSA) is 426 Å². The molecule has 10 N–H and O–H groups in total. The number of carbonyl (C=O) groups excluding carboxylic acids is 5. The molecule has 0 unspecified atom stereocenters. The molecule has 0 radical (unpaired) electrons. The number of ether oxygens (including phenoxy) is 15. The zero-order valence-corrected chi connectivity index (χ0v) is 57.3. The Labute approximate surface area is 562 Å². The zero-order chi connectivity index (χ0) is 70.7. The number of aliphatic hydroxyl groups excluding tert-OH is 10. The Morgan fingerprint density at radius 3 is 1.49 bits per heavy atom. The summed E-state index contributed by atoms with van der Waals surface area (Å²) >= 11 is 0. The van der Waals surface area contributed by atoms with Crippen LogP contribution in [-0.4, -0.2) is 267 Å². The number of fused-ring (bicyclic) bond motifs is 6. The second-order valence-electron chi connectivity index (χ2n) is 26.6. The van der Waals surface area contributed by atoms with E-state index in [9.17, 15) is 75.0 Å². The fourth-order valence-electron chi connectivity index (χ4n) is 12.0. The SMILES string of the molecule is CCCCC[C@H]1CCCCCCCCCC(=O)O[C@H]2[C@H](OC[C@H]3O[C@@H](O[C@H]4[C@H](O)[C@@H](CO)O[C@@H](O[C@H]5[C@H](O1)O[C@H](CO)[C@@H](O)[C@@H]5O)[C@@H]4O[C@@H]1O[C@@H](C)[C@H](OC(=O)[C@@H](C)CC)[C@@H](O)[C@H]1OC(=O)[C@@H](C)CC)[C@H](O)[C@@H](OC(=O)[C@@H](C)CC)[C@@H]3OC(=O)[C@@H](C)CC)O[C@H](CO)[C@@H](O)[C@@H]2O. The summed E-state index contributed by atoms with van der Waals surface area (Å²) in [5.41, 5.74) is 0. The van der Waals surface area contributed by atoms with E-state index in [1.54, 1.807) is 48.5 Å². The Morgan fingerprint density at radius 1 is 0.458 bits per heavy atom. The molecule has 96 heavy (non-hydrogen) atoms. The van der Waals surface area contributed by atoms with Crippen LogP contribution in [0.1, 0.15) is 178 Å². The number of hydrogen-bond acceptors (Lipinski definition) is 30. The highest BCUT2D eigenvalue weighted by Gasteiger charge is 2.60. The molecule has 30 nitrogen and oxygen atoms in total. The van der Waals surface area contributed by atoms with Gasteiger partial charge in [-0.05, 0) is 51.9 Å². The summed E-state index contributed by atoms with van der Waals surface area (Å²) in [4.78, 5) is 69.0. The van der Waals surface area contributed by atoms with E-state index in [1.165, 1.54) is 13.8 Å². The van der Waals surface area contributed by atoms with Gasteiger partial charge in [0.15, 0.2) is 62.0 Å². The normalized spacial score (nSPS) is 40.1. The lowest BCUT2D eigenvalue weighted by molar-refractivity contribution is -0.410. The molecule has 556 valence electrons. The minimum Gasteiger partial charge on any atom is -0.456 e. The largest absolute Gasteiger partial charge is 0.456 e. The maximum Gasteiger partial charge on any atom is 0.309 e. The summed E-state index contributed by atoms with van der Waals surface area (Å²) in [6.07, 6.45) is -37.8. The predicted octanol–water partition coefficient (Wildman–Crippen LogP) is 1.54. The summed E-state index contributed by atoms with van der Waals surface area (Å²) in [5.74, 6) is -7.26. The van der Waals surface area contributed by atoms with E-state index < -0.39 is 240 Å². The molecule has 6 heterocycles. The van der Waals surface area contributed by atoms with Gasteiger partial charge >= 0.3 is 29.8 Å². The van der Waals surface area contributed by atoms with Crippen LogP contribution in [0, 0.1) is 23.7 Å². The molecule has 0 amide bonds. The standard InChI is InChI=1S/C66H112O30/c1-11-16-22-25-37-26-23-20-18-17-19-21-24-27-42(70)89-54-46(74)43(71)38(28-67)85-63(54)82-31-41-51(91-59(79)33(7)13-3)53(92-60(80)34(8)14-4)49(77)62(88-41)94-52-45(73)40(30-69)87-66(95-55-47(75)44(72)39(29-68)86-65(55)84-37)57(52)96-64-56(93-61(81)35(9)15-5)48(76)50(36(10)83-64)90-58(78)32(6)12-2/h32-41,43-57,62-69,71-77H,11-31H2,1-10H3/t32-,33-,34-,35-,36-,37-,38+,39+,40+,41+,43+,44+,45+,46-,47-,48+,49+,50-,51+,52-,53+,54+,55+,56+,57+,62-,63+,64-,65+,66-/m0/s1. The van der Waals surface area contributed by atoms with Gasteiger partial charge in [0.2, 0.25) is 0 Å². The molecule has 0 saturated carbocycles. The van der Waals surface area contributed by atoms with Crippen molar-refractivity contribution in [1.82, 2.24) is 0 Å².